The summed E-state index contributed by atoms with van der Waals surface area (Å²) in [6.07, 6.45) is -2.02. The molecule has 14 heavy (non-hydrogen) atoms. The second-order valence-electron chi connectivity index (χ2n) is 2.62. The van der Waals surface area contributed by atoms with E-state index >= 15 is 0 Å². The van der Waals surface area contributed by atoms with Crippen molar-refractivity contribution in [1.82, 2.24) is 4.98 Å². The van der Waals surface area contributed by atoms with Crippen LogP contribution in [0.3, 0.4) is 0 Å². The maximum absolute atomic E-state index is 13.3. The van der Waals surface area contributed by atoms with Crippen LogP contribution in [-0.2, 0) is 13.2 Å². The first-order valence-corrected chi connectivity index (χ1v) is 3.87. The van der Waals surface area contributed by atoms with Crippen molar-refractivity contribution in [2.75, 3.05) is 0 Å². The molecule has 1 aromatic rings. The number of rotatable bonds is 3. The molecule has 0 saturated carbocycles. The monoisotopic (exact) mass is 206 g/mol. The SMILES string of the molecule is NCc1ncc(C(F)F)c(CO)c1F. The average molecular weight is 206 g/mol. The number of halogens is 3. The molecule has 0 aliphatic rings. The molecule has 0 aliphatic carbocycles. The minimum absolute atomic E-state index is 0.126. The molecule has 3 N–H and O–H groups in total. The summed E-state index contributed by atoms with van der Waals surface area (Å²) in [5.41, 5.74) is 3.97. The van der Waals surface area contributed by atoms with E-state index in [1.165, 1.54) is 0 Å². The van der Waals surface area contributed by atoms with Crippen LogP contribution >= 0.6 is 0 Å². The Bertz CT molecular complexity index is 331. The molecular weight excluding hydrogens is 197 g/mol. The molecule has 3 nitrogen and oxygen atoms in total. The summed E-state index contributed by atoms with van der Waals surface area (Å²) in [7, 11) is 0. The second-order valence-corrected chi connectivity index (χ2v) is 2.62. The van der Waals surface area contributed by atoms with Gasteiger partial charge < -0.3 is 10.8 Å². The van der Waals surface area contributed by atoms with E-state index < -0.39 is 30.0 Å². The van der Waals surface area contributed by atoms with Gasteiger partial charge in [-0.3, -0.25) is 4.98 Å². The van der Waals surface area contributed by atoms with Gasteiger partial charge in [0.15, 0.2) is 5.82 Å². The zero-order valence-corrected chi connectivity index (χ0v) is 7.17. The number of hydrogen-bond acceptors (Lipinski definition) is 3. The fraction of sp³-hybridized carbons (Fsp3) is 0.375. The minimum Gasteiger partial charge on any atom is -0.392 e. The summed E-state index contributed by atoms with van der Waals surface area (Å²) in [5, 5.41) is 8.73. The summed E-state index contributed by atoms with van der Waals surface area (Å²) < 4.78 is 37.8. The van der Waals surface area contributed by atoms with E-state index in [9.17, 15) is 13.2 Å². The van der Waals surface area contributed by atoms with E-state index in [4.69, 9.17) is 10.8 Å². The Morgan fingerprint density at radius 2 is 2.14 bits per heavy atom. The lowest BCUT2D eigenvalue weighted by molar-refractivity contribution is 0.145. The Balaban J connectivity index is 3.28. The van der Waals surface area contributed by atoms with Crippen molar-refractivity contribution in [3.8, 4) is 0 Å². The smallest absolute Gasteiger partial charge is 0.265 e. The standard InChI is InChI=1S/C8H9F3N2O/c9-7-5(3-14)4(8(10)11)2-13-6(7)1-12/h2,8,14H,1,3,12H2. The maximum Gasteiger partial charge on any atom is 0.265 e. The van der Waals surface area contributed by atoms with E-state index in [2.05, 4.69) is 4.98 Å². The van der Waals surface area contributed by atoms with Crippen LogP contribution in [0.25, 0.3) is 0 Å². The average Bonchev–Trinajstić information content (AvgIpc) is 2.17. The largest absolute Gasteiger partial charge is 0.392 e. The zero-order valence-electron chi connectivity index (χ0n) is 7.17. The Morgan fingerprint density at radius 3 is 2.57 bits per heavy atom. The lowest BCUT2D eigenvalue weighted by Gasteiger charge is -2.09. The minimum atomic E-state index is -2.86. The van der Waals surface area contributed by atoms with Crippen LogP contribution in [0.2, 0.25) is 0 Å². The number of alkyl halides is 2. The highest BCUT2D eigenvalue weighted by molar-refractivity contribution is 5.29. The van der Waals surface area contributed by atoms with E-state index in [0.29, 0.717) is 0 Å². The van der Waals surface area contributed by atoms with Crippen LogP contribution in [0.5, 0.6) is 0 Å². The molecule has 0 aliphatic heterocycles. The number of pyridine rings is 1. The topological polar surface area (TPSA) is 59.1 Å². The molecular formula is C8H9F3N2O. The third-order valence-corrected chi connectivity index (χ3v) is 1.81. The summed E-state index contributed by atoms with van der Waals surface area (Å²) in [6.45, 7) is -0.983. The lowest BCUT2D eigenvalue weighted by Crippen LogP contribution is -2.09. The first-order chi connectivity index (χ1) is 6.61. The number of aliphatic hydroxyl groups is 1. The molecule has 6 heteroatoms. The molecule has 1 aromatic heterocycles. The van der Waals surface area contributed by atoms with Crippen LogP contribution in [0, 0.1) is 5.82 Å². The van der Waals surface area contributed by atoms with Gasteiger partial charge in [-0.1, -0.05) is 0 Å². The second kappa shape index (κ2) is 4.39. The van der Waals surface area contributed by atoms with Crippen molar-refractivity contribution in [3.63, 3.8) is 0 Å². The Kier molecular flexibility index (Phi) is 3.43. The third kappa shape index (κ3) is 1.85. The molecule has 0 fully saturated rings. The van der Waals surface area contributed by atoms with Gasteiger partial charge in [-0.15, -0.1) is 0 Å². The van der Waals surface area contributed by atoms with Crippen molar-refractivity contribution >= 4 is 0 Å². The molecule has 1 rings (SSSR count). The van der Waals surface area contributed by atoms with Gasteiger partial charge >= 0.3 is 0 Å². The van der Waals surface area contributed by atoms with Gasteiger partial charge in [-0.2, -0.15) is 0 Å². The Labute approximate surface area is 78.4 Å². The number of nitrogens with two attached hydrogens (primary N) is 1. The van der Waals surface area contributed by atoms with Gasteiger partial charge in [0, 0.05) is 23.9 Å². The maximum atomic E-state index is 13.3. The molecule has 0 bridgehead atoms. The fourth-order valence-electron chi connectivity index (χ4n) is 1.07. The predicted molar refractivity (Wildman–Crippen MR) is 43.0 cm³/mol. The van der Waals surface area contributed by atoms with E-state index in [-0.39, 0.29) is 12.2 Å². The third-order valence-electron chi connectivity index (χ3n) is 1.81. The predicted octanol–water partition coefficient (Wildman–Crippen LogP) is 1.11. The summed E-state index contributed by atoms with van der Waals surface area (Å²) in [4.78, 5) is 3.44. The fourth-order valence-corrected chi connectivity index (χ4v) is 1.07. The molecule has 0 radical (unpaired) electrons. The summed E-state index contributed by atoms with van der Waals surface area (Å²) in [5.74, 6) is -0.951. The van der Waals surface area contributed by atoms with Gasteiger partial charge in [-0.25, -0.2) is 13.2 Å². The van der Waals surface area contributed by atoms with Crippen molar-refractivity contribution in [3.05, 3.63) is 28.8 Å². The Morgan fingerprint density at radius 1 is 1.50 bits per heavy atom. The van der Waals surface area contributed by atoms with Crippen LogP contribution in [0.1, 0.15) is 23.2 Å². The van der Waals surface area contributed by atoms with E-state index in [0.717, 1.165) is 6.20 Å². The molecule has 0 saturated heterocycles. The van der Waals surface area contributed by atoms with Gasteiger partial charge in [0.05, 0.1) is 12.3 Å². The van der Waals surface area contributed by atoms with Crippen LogP contribution in [0.15, 0.2) is 6.20 Å². The van der Waals surface area contributed by atoms with Gasteiger partial charge in [0.25, 0.3) is 6.43 Å². The van der Waals surface area contributed by atoms with Crippen molar-refractivity contribution in [2.45, 2.75) is 19.6 Å². The normalized spacial score (nSPS) is 11.0. The van der Waals surface area contributed by atoms with Gasteiger partial charge in [-0.05, 0) is 0 Å². The highest BCUT2D eigenvalue weighted by Crippen LogP contribution is 2.25. The molecule has 0 atom stereocenters. The quantitative estimate of drug-likeness (QED) is 0.778. The first-order valence-electron chi connectivity index (χ1n) is 3.87. The molecule has 0 aromatic carbocycles. The van der Waals surface area contributed by atoms with Crippen LogP contribution < -0.4 is 5.73 Å². The van der Waals surface area contributed by atoms with Gasteiger partial charge in [0.1, 0.15) is 0 Å². The zero-order chi connectivity index (χ0) is 10.7. The van der Waals surface area contributed by atoms with E-state index in [1.807, 2.05) is 0 Å². The van der Waals surface area contributed by atoms with Crippen LogP contribution in [0.4, 0.5) is 13.2 Å². The Hall–Kier alpha value is -1.14. The first kappa shape index (κ1) is 10.9. The van der Waals surface area contributed by atoms with Crippen molar-refractivity contribution in [2.24, 2.45) is 5.73 Å². The number of aromatic nitrogens is 1. The van der Waals surface area contributed by atoms with Crippen molar-refractivity contribution < 1.29 is 18.3 Å². The van der Waals surface area contributed by atoms with Crippen molar-refractivity contribution in [1.29, 1.82) is 0 Å². The molecule has 0 spiro atoms. The van der Waals surface area contributed by atoms with E-state index in [1.54, 1.807) is 0 Å². The summed E-state index contributed by atoms with van der Waals surface area (Å²) in [6, 6.07) is 0. The van der Waals surface area contributed by atoms with Crippen LogP contribution in [-0.4, -0.2) is 10.1 Å². The highest BCUT2D eigenvalue weighted by Gasteiger charge is 2.19. The van der Waals surface area contributed by atoms with Gasteiger partial charge in [0.2, 0.25) is 0 Å². The number of hydrogen-bond donors (Lipinski definition) is 2. The molecule has 0 unspecified atom stereocenters. The molecule has 1 heterocycles. The lowest BCUT2D eigenvalue weighted by atomic mass is 10.1. The molecule has 0 amide bonds. The number of aliphatic hydroxyl groups excluding tert-OH is 1. The highest BCUT2D eigenvalue weighted by atomic mass is 19.3. The number of nitrogens with zero attached hydrogens (tertiary/aromatic N) is 1. The molecule has 78 valence electrons. The summed E-state index contributed by atoms with van der Waals surface area (Å²) >= 11 is 0.